The van der Waals surface area contributed by atoms with Crippen molar-refractivity contribution in [2.24, 2.45) is 0 Å². The zero-order valence-electron chi connectivity index (χ0n) is 11.4. The number of nitrogens with one attached hydrogen (secondary N) is 1. The van der Waals surface area contributed by atoms with E-state index in [9.17, 15) is 4.79 Å². The summed E-state index contributed by atoms with van der Waals surface area (Å²) in [5.74, 6) is 0.452. The maximum absolute atomic E-state index is 12.3. The molecule has 1 atom stereocenters. The summed E-state index contributed by atoms with van der Waals surface area (Å²) >= 11 is 2.26. The van der Waals surface area contributed by atoms with Crippen molar-refractivity contribution >= 4 is 28.5 Å². The largest absolute Gasteiger partial charge is 0.496 e. The second-order valence-corrected chi connectivity index (χ2v) is 5.70. The number of methoxy groups -OCH3 is 1. The molecule has 3 nitrogen and oxygen atoms in total. The first-order valence-corrected chi connectivity index (χ1v) is 7.39. The van der Waals surface area contributed by atoms with Gasteiger partial charge in [0, 0.05) is 3.57 Å². The molecule has 4 heteroatoms. The summed E-state index contributed by atoms with van der Waals surface area (Å²) < 4.78 is 6.36. The number of carbonyl (C=O) groups excluding carboxylic acids is 1. The van der Waals surface area contributed by atoms with Crippen molar-refractivity contribution in [1.29, 1.82) is 0 Å². The number of carbonyl (C=O) groups is 1. The highest BCUT2D eigenvalue weighted by Gasteiger charge is 2.15. The van der Waals surface area contributed by atoms with E-state index in [1.165, 1.54) is 0 Å². The number of benzene rings is 2. The maximum atomic E-state index is 12.3. The normalized spacial score (nSPS) is 11.8. The molecule has 0 unspecified atom stereocenters. The standard InChI is InChI=1S/C16H16INO2/c1-11(12-6-5-7-13(17)10-12)18-16(19)14-8-3-4-9-15(14)20-2/h3-11H,1-2H3,(H,18,19)/t11-/m1/s1. The lowest BCUT2D eigenvalue weighted by molar-refractivity contribution is 0.0937. The molecular weight excluding hydrogens is 365 g/mol. The van der Waals surface area contributed by atoms with Gasteiger partial charge in [0.25, 0.3) is 5.91 Å². The summed E-state index contributed by atoms with van der Waals surface area (Å²) in [5.41, 5.74) is 1.63. The molecule has 104 valence electrons. The average molecular weight is 381 g/mol. The lowest BCUT2D eigenvalue weighted by Gasteiger charge is -2.16. The van der Waals surface area contributed by atoms with Gasteiger partial charge in [0.15, 0.2) is 0 Å². The minimum absolute atomic E-state index is 0.0536. The van der Waals surface area contributed by atoms with Gasteiger partial charge >= 0.3 is 0 Å². The van der Waals surface area contributed by atoms with Crippen LogP contribution in [-0.4, -0.2) is 13.0 Å². The van der Waals surface area contributed by atoms with E-state index in [0.717, 1.165) is 9.13 Å². The maximum Gasteiger partial charge on any atom is 0.255 e. The molecule has 0 bridgehead atoms. The van der Waals surface area contributed by atoms with Crippen LogP contribution in [0.5, 0.6) is 5.75 Å². The highest BCUT2D eigenvalue weighted by atomic mass is 127. The molecule has 0 aliphatic rings. The third kappa shape index (κ3) is 3.50. The Morgan fingerprint density at radius 1 is 1.20 bits per heavy atom. The number of ether oxygens (including phenoxy) is 1. The molecule has 0 spiro atoms. The van der Waals surface area contributed by atoms with Crippen LogP contribution in [0.25, 0.3) is 0 Å². The second kappa shape index (κ2) is 6.74. The smallest absolute Gasteiger partial charge is 0.255 e. The minimum atomic E-state index is -0.131. The zero-order chi connectivity index (χ0) is 14.5. The van der Waals surface area contributed by atoms with Gasteiger partial charge in [0.2, 0.25) is 0 Å². The number of hydrogen-bond acceptors (Lipinski definition) is 2. The third-order valence-electron chi connectivity index (χ3n) is 3.05. The van der Waals surface area contributed by atoms with Crippen molar-refractivity contribution in [2.45, 2.75) is 13.0 Å². The predicted molar refractivity (Wildman–Crippen MR) is 88.0 cm³/mol. The van der Waals surface area contributed by atoms with E-state index in [1.54, 1.807) is 19.2 Å². The Kier molecular flexibility index (Phi) is 5.00. The highest BCUT2D eigenvalue weighted by molar-refractivity contribution is 14.1. The van der Waals surface area contributed by atoms with Crippen LogP contribution >= 0.6 is 22.6 Å². The van der Waals surface area contributed by atoms with Gasteiger partial charge in [-0.25, -0.2) is 0 Å². The summed E-state index contributed by atoms with van der Waals surface area (Å²) in [6, 6.07) is 15.2. The van der Waals surface area contributed by atoms with Gasteiger partial charge in [-0.2, -0.15) is 0 Å². The van der Waals surface area contributed by atoms with Gasteiger partial charge in [-0.1, -0.05) is 24.3 Å². The Bertz CT molecular complexity index is 613. The van der Waals surface area contributed by atoms with E-state index < -0.39 is 0 Å². The molecule has 0 fully saturated rings. The van der Waals surface area contributed by atoms with E-state index in [1.807, 2.05) is 37.3 Å². The van der Waals surface area contributed by atoms with E-state index in [0.29, 0.717) is 11.3 Å². The topological polar surface area (TPSA) is 38.3 Å². The van der Waals surface area contributed by atoms with Crippen LogP contribution in [0.1, 0.15) is 28.9 Å². The van der Waals surface area contributed by atoms with E-state index in [-0.39, 0.29) is 11.9 Å². The molecular formula is C16H16INO2. The van der Waals surface area contributed by atoms with Gasteiger partial charge in [0.1, 0.15) is 5.75 Å². The first-order valence-electron chi connectivity index (χ1n) is 6.31. The van der Waals surface area contributed by atoms with Crippen molar-refractivity contribution in [3.05, 3.63) is 63.2 Å². The van der Waals surface area contributed by atoms with Crippen molar-refractivity contribution in [1.82, 2.24) is 5.32 Å². The zero-order valence-corrected chi connectivity index (χ0v) is 13.5. The van der Waals surface area contributed by atoms with Crippen molar-refractivity contribution in [3.8, 4) is 5.75 Å². The van der Waals surface area contributed by atoms with Crippen LogP contribution in [0.4, 0.5) is 0 Å². The molecule has 0 aromatic heterocycles. The Morgan fingerprint density at radius 2 is 1.95 bits per heavy atom. The molecule has 0 heterocycles. The van der Waals surface area contributed by atoms with Crippen LogP contribution in [0.2, 0.25) is 0 Å². The van der Waals surface area contributed by atoms with Crippen LogP contribution in [0.15, 0.2) is 48.5 Å². The van der Waals surface area contributed by atoms with Crippen molar-refractivity contribution in [3.63, 3.8) is 0 Å². The fourth-order valence-corrected chi connectivity index (χ4v) is 2.53. The van der Waals surface area contributed by atoms with Crippen molar-refractivity contribution in [2.75, 3.05) is 7.11 Å². The fourth-order valence-electron chi connectivity index (χ4n) is 1.97. The molecule has 0 saturated carbocycles. The Morgan fingerprint density at radius 3 is 2.65 bits per heavy atom. The Labute approximate surface area is 132 Å². The molecule has 0 aliphatic heterocycles. The number of para-hydroxylation sites is 1. The second-order valence-electron chi connectivity index (χ2n) is 4.45. The third-order valence-corrected chi connectivity index (χ3v) is 3.72. The molecule has 2 aromatic carbocycles. The lowest BCUT2D eigenvalue weighted by atomic mass is 10.1. The van der Waals surface area contributed by atoms with Crippen molar-refractivity contribution < 1.29 is 9.53 Å². The van der Waals surface area contributed by atoms with Gasteiger partial charge in [0.05, 0.1) is 18.7 Å². The van der Waals surface area contributed by atoms with E-state index >= 15 is 0 Å². The first-order chi connectivity index (χ1) is 9.61. The summed E-state index contributed by atoms with van der Waals surface area (Å²) in [6.45, 7) is 1.97. The summed E-state index contributed by atoms with van der Waals surface area (Å²) in [5, 5.41) is 2.99. The SMILES string of the molecule is COc1ccccc1C(=O)N[C@H](C)c1cccc(I)c1. The molecule has 2 rings (SSSR count). The summed E-state index contributed by atoms with van der Waals surface area (Å²) in [7, 11) is 1.56. The summed E-state index contributed by atoms with van der Waals surface area (Å²) in [4.78, 5) is 12.3. The number of amides is 1. The van der Waals surface area contributed by atoms with E-state index in [2.05, 4.69) is 34.0 Å². The van der Waals surface area contributed by atoms with E-state index in [4.69, 9.17) is 4.74 Å². The fraction of sp³-hybridized carbons (Fsp3) is 0.188. The molecule has 2 aromatic rings. The average Bonchev–Trinajstić information content (AvgIpc) is 2.47. The lowest BCUT2D eigenvalue weighted by Crippen LogP contribution is -2.27. The monoisotopic (exact) mass is 381 g/mol. The highest BCUT2D eigenvalue weighted by Crippen LogP contribution is 2.20. The quantitative estimate of drug-likeness (QED) is 0.819. The molecule has 0 saturated heterocycles. The van der Waals surface area contributed by atoms with Crippen LogP contribution < -0.4 is 10.1 Å². The number of rotatable bonds is 4. The molecule has 20 heavy (non-hydrogen) atoms. The Balaban J connectivity index is 2.15. The van der Waals surface area contributed by atoms with Gasteiger partial charge in [-0.05, 0) is 59.3 Å². The van der Waals surface area contributed by atoms with Gasteiger partial charge < -0.3 is 10.1 Å². The van der Waals surface area contributed by atoms with Gasteiger partial charge in [-0.3, -0.25) is 4.79 Å². The number of halogens is 1. The Hall–Kier alpha value is -1.56. The number of hydrogen-bond donors (Lipinski definition) is 1. The molecule has 1 amide bonds. The minimum Gasteiger partial charge on any atom is -0.496 e. The van der Waals surface area contributed by atoms with Crippen LogP contribution in [0.3, 0.4) is 0 Å². The van der Waals surface area contributed by atoms with Gasteiger partial charge in [-0.15, -0.1) is 0 Å². The van der Waals surface area contributed by atoms with Crippen LogP contribution in [-0.2, 0) is 0 Å². The first kappa shape index (κ1) is 14.8. The predicted octanol–water partition coefficient (Wildman–Crippen LogP) is 3.79. The molecule has 1 N–H and O–H groups in total. The molecule has 0 aliphatic carbocycles. The van der Waals surface area contributed by atoms with Crippen LogP contribution in [0, 0.1) is 3.57 Å². The molecule has 0 radical (unpaired) electrons. The summed E-state index contributed by atoms with van der Waals surface area (Å²) in [6.07, 6.45) is 0.